The van der Waals surface area contributed by atoms with Crippen LogP contribution in [0.5, 0.6) is 5.75 Å². The number of nitrogens with one attached hydrogen (secondary N) is 2. The number of methoxy groups -OCH3 is 1. The standard InChI is InChI=1S/C19H21N7O7S2/c1-12-21-18(20-8-9-35(28,29)30)24-19(22-12)23-16-7-6-14(11-17(16)31-2)26-25-13-4-3-5-15(10-13)34-33-32-27/h3-7,10-11,27H,8-9H2,1-2H3,(H,28,29,30)(H2,20,21,22,23,24). The Kier molecular flexibility index (Phi) is 9.24. The number of aryl methyl sites for hydroxylation is 1. The van der Waals surface area contributed by atoms with Gasteiger partial charge in [-0.1, -0.05) is 11.1 Å². The molecule has 0 atom stereocenters. The molecule has 0 unspecified atom stereocenters. The summed E-state index contributed by atoms with van der Waals surface area (Å²) in [5, 5.41) is 26.0. The average molecular weight is 524 g/mol. The van der Waals surface area contributed by atoms with Crippen LogP contribution in [0.25, 0.3) is 0 Å². The Morgan fingerprint density at radius 1 is 1.06 bits per heavy atom. The van der Waals surface area contributed by atoms with Crippen molar-refractivity contribution in [3.63, 3.8) is 0 Å². The van der Waals surface area contributed by atoms with Crippen molar-refractivity contribution < 1.29 is 32.3 Å². The van der Waals surface area contributed by atoms with Gasteiger partial charge in [-0.05, 0) is 37.3 Å². The molecule has 0 fully saturated rings. The van der Waals surface area contributed by atoms with Crippen LogP contribution in [0.4, 0.5) is 29.0 Å². The predicted octanol–water partition coefficient (Wildman–Crippen LogP) is 4.08. The largest absolute Gasteiger partial charge is 0.494 e. The Morgan fingerprint density at radius 3 is 2.51 bits per heavy atom. The minimum absolute atomic E-state index is 0.0748. The van der Waals surface area contributed by atoms with Gasteiger partial charge in [0.15, 0.2) is 0 Å². The van der Waals surface area contributed by atoms with Gasteiger partial charge in [0.1, 0.15) is 11.6 Å². The van der Waals surface area contributed by atoms with Gasteiger partial charge in [0, 0.05) is 17.5 Å². The van der Waals surface area contributed by atoms with Crippen LogP contribution >= 0.6 is 12.0 Å². The van der Waals surface area contributed by atoms with E-state index in [4.69, 9.17) is 14.5 Å². The highest BCUT2D eigenvalue weighted by atomic mass is 32.2. The van der Waals surface area contributed by atoms with Crippen LogP contribution in [-0.2, 0) is 19.5 Å². The summed E-state index contributed by atoms with van der Waals surface area (Å²) in [7, 11) is -2.62. The third-order valence-electron chi connectivity index (χ3n) is 4.08. The van der Waals surface area contributed by atoms with Crippen molar-refractivity contribution >= 4 is 51.1 Å². The molecule has 1 heterocycles. The quantitative estimate of drug-likeness (QED) is 0.0874. The van der Waals surface area contributed by atoms with E-state index in [2.05, 4.69) is 45.2 Å². The molecule has 0 bridgehead atoms. The molecule has 2 aromatic carbocycles. The molecule has 4 N–H and O–H groups in total. The van der Waals surface area contributed by atoms with Crippen molar-refractivity contribution in [3.8, 4) is 5.75 Å². The smallest absolute Gasteiger partial charge is 0.266 e. The van der Waals surface area contributed by atoms with E-state index in [0.717, 1.165) is 12.0 Å². The molecule has 0 aliphatic heterocycles. The fraction of sp³-hybridized carbons (Fsp3) is 0.211. The van der Waals surface area contributed by atoms with Gasteiger partial charge in [0.2, 0.25) is 11.9 Å². The molecule has 0 amide bonds. The number of anilines is 3. The summed E-state index contributed by atoms with van der Waals surface area (Å²) >= 11 is 0.812. The molecular formula is C19H21N7O7S2. The van der Waals surface area contributed by atoms with Gasteiger partial charge in [-0.25, -0.2) is 5.26 Å². The third kappa shape index (κ3) is 8.71. The number of ether oxygens (including phenoxy) is 1. The summed E-state index contributed by atoms with van der Waals surface area (Å²) in [4.78, 5) is 13.1. The summed E-state index contributed by atoms with van der Waals surface area (Å²) in [5.41, 5.74) is 1.60. The average Bonchev–Trinajstić information content (AvgIpc) is 2.81. The Bertz CT molecular complexity index is 1290. The second kappa shape index (κ2) is 12.3. The van der Waals surface area contributed by atoms with Crippen LogP contribution in [0.1, 0.15) is 5.82 Å². The minimum atomic E-state index is -4.11. The number of aromatic nitrogens is 3. The second-order valence-electron chi connectivity index (χ2n) is 6.68. The van der Waals surface area contributed by atoms with E-state index in [1.54, 1.807) is 49.4 Å². The highest BCUT2D eigenvalue weighted by Gasteiger charge is 2.10. The first-order valence-corrected chi connectivity index (χ1v) is 12.1. The van der Waals surface area contributed by atoms with E-state index in [1.807, 2.05) is 0 Å². The maximum atomic E-state index is 10.9. The van der Waals surface area contributed by atoms with Gasteiger partial charge in [-0.3, -0.25) is 4.55 Å². The van der Waals surface area contributed by atoms with Crippen molar-refractivity contribution in [1.82, 2.24) is 15.0 Å². The Hall–Kier alpha value is -3.41. The number of azo groups is 1. The lowest BCUT2D eigenvalue weighted by molar-refractivity contribution is -0.432. The third-order valence-corrected chi connectivity index (χ3v) is 5.38. The molecular weight excluding hydrogens is 502 g/mol. The number of nitrogens with zero attached hydrogens (tertiary/aromatic N) is 5. The van der Waals surface area contributed by atoms with Crippen LogP contribution in [-0.4, -0.2) is 52.6 Å². The maximum Gasteiger partial charge on any atom is 0.266 e. The van der Waals surface area contributed by atoms with E-state index < -0.39 is 15.9 Å². The van der Waals surface area contributed by atoms with Crippen LogP contribution in [0.15, 0.2) is 57.6 Å². The van der Waals surface area contributed by atoms with Crippen molar-refractivity contribution in [1.29, 1.82) is 0 Å². The van der Waals surface area contributed by atoms with E-state index >= 15 is 0 Å². The predicted molar refractivity (Wildman–Crippen MR) is 127 cm³/mol. The van der Waals surface area contributed by atoms with E-state index in [9.17, 15) is 8.42 Å². The Morgan fingerprint density at radius 2 is 1.80 bits per heavy atom. The summed E-state index contributed by atoms with van der Waals surface area (Å²) in [6.07, 6.45) is 0. The normalized spacial score (nSPS) is 11.5. The Labute approximate surface area is 204 Å². The molecule has 0 aliphatic rings. The summed E-state index contributed by atoms with van der Waals surface area (Å²) in [5.74, 6) is 0.682. The SMILES string of the molecule is COc1cc(N=Nc2cccc(SOOO)c2)ccc1Nc1nc(C)nc(NCCS(=O)(=O)O)n1. The first-order valence-electron chi connectivity index (χ1n) is 9.79. The van der Waals surface area contributed by atoms with E-state index in [1.165, 1.54) is 7.11 Å². The summed E-state index contributed by atoms with van der Waals surface area (Å²) < 4.78 is 40.4. The molecule has 14 nitrogen and oxygen atoms in total. The van der Waals surface area contributed by atoms with Crippen molar-refractivity contribution in [2.24, 2.45) is 10.2 Å². The first-order chi connectivity index (χ1) is 16.8. The van der Waals surface area contributed by atoms with Crippen LogP contribution in [0.2, 0.25) is 0 Å². The highest BCUT2D eigenvalue weighted by molar-refractivity contribution is 7.94. The first kappa shape index (κ1) is 26.2. The van der Waals surface area contributed by atoms with Gasteiger partial charge in [0.05, 0.1) is 42.0 Å². The topological polar surface area (TPSA) is 190 Å². The molecule has 0 saturated carbocycles. The lowest BCUT2D eigenvalue weighted by Gasteiger charge is -2.12. The molecule has 35 heavy (non-hydrogen) atoms. The lowest BCUT2D eigenvalue weighted by atomic mass is 10.2. The monoisotopic (exact) mass is 523 g/mol. The molecule has 0 saturated heterocycles. The van der Waals surface area contributed by atoms with Gasteiger partial charge >= 0.3 is 0 Å². The molecule has 1 aromatic heterocycles. The highest BCUT2D eigenvalue weighted by Crippen LogP contribution is 2.32. The molecule has 16 heteroatoms. The van der Waals surface area contributed by atoms with E-state index in [-0.39, 0.29) is 18.4 Å². The summed E-state index contributed by atoms with van der Waals surface area (Å²) in [6, 6.07) is 12.0. The maximum absolute atomic E-state index is 10.9. The fourth-order valence-electron chi connectivity index (χ4n) is 2.64. The molecule has 0 radical (unpaired) electrons. The van der Waals surface area contributed by atoms with Crippen molar-refractivity contribution in [3.05, 3.63) is 48.3 Å². The lowest BCUT2D eigenvalue weighted by Crippen LogP contribution is -2.17. The van der Waals surface area contributed by atoms with Gasteiger partial charge in [0.25, 0.3) is 10.1 Å². The summed E-state index contributed by atoms with van der Waals surface area (Å²) in [6.45, 7) is 1.58. The number of hydrogen-bond donors (Lipinski definition) is 4. The molecule has 3 aromatic rings. The van der Waals surface area contributed by atoms with Crippen LogP contribution in [0, 0.1) is 6.92 Å². The van der Waals surface area contributed by atoms with Crippen molar-refractivity contribution in [2.45, 2.75) is 11.8 Å². The second-order valence-corrected chi connectivity index (χ2v) is 9.02. The number of rotatable bonds is 12. The van der Waals surface area contributed by atoms with Gasteiger partial charge in [-0.2, -0.15) is 33.6 Å². The molecule has 0 spiro atoms. The molecule has 3 rings (SSSR count). The van der Waals surface area contributed by atoms with Crippen LogP contribution in [0.3, 0.4) is 0 Å². The minimum Gasteiger partial charge on any atom is -0.494 e. The Balaban J connectivity index is 1.72. The van der Waals surface area contributed by atoms with Crippen molar-refractivity contribution in [2.75, 3.05) is 30.0 Å². The zero-order valence-corrected chi connectivity index (χ0v) is 20.1. The zero-order chi connectivity index (χ0) is 25.3. The zero-order valence-electron chi connectivity index (χ0n) is 18.4. The fourth-order valence-corrected chi connectivity index (χ4v) is 3.41. The van der Waals surface area contributed by atoms with E-state index in [0.29, 0.717) is 33.5 Å². The van der Waals surface area contributed by atoms with Gasteiger partial charge < -0.3 is 15.4 Å². The molecule has 186 valence electrons. The molecule has 0 aliphatic carbocycles. The number of benzene rings is 2. The number of hydrogen-bond acceptors (Lipinski definition) is 14. The van der Waals surface area contributed by atoms with Crippen LogP contribution < -0.4 is 15.4 Å². The van der Waals surface area contributed by atoms with Gasteiger partial charge in [-0.15, -0.1) is 4.33 Å².